The average Bonchev–Trinajstić information content (AvgIpc) is 3.02. The summed E-state index contributed by atoms with van der Waals surface area (Å²) >= 11 is 1.23. The highest BCUT2D eigenvalue weighted by Gasteiger charge is 2.16. The van der Waals surface area contributed by atoms with Crippen LogP contribution >= 0.6 is 11.3 Å². The van der Waals surface area contributed by atoms with E-state index in [2.05, 4.69) is 15.3 Å². The van der Waals surface area contributed by atoms with Crippen LogP contribution in [0.15, 0.2) is 48.0 Å². The fourth-order valence-corrected chi connectivity index (χ4v) is 2.56. The summed E-state index contributed by atoms with van der Waals surface area (Å²) in [4.78, 5) is 20.3. The zero-order chi connectivity index (χ0) is 15.5. The van der Waals surface area contributed by atoms with Gasteiger partial charge >= 0.3 is 0 Å². The first-order chi connectivity index (χ1) is 10.6. The van der Waals surface area contributed by atoms with Gasteiger partial charge in [-0.3, -0.25) is 9.78 Å². The number of carbonyl (C=O) groups is 1. The summed E-state index contributed by atoms with van der Waals surface area (Å²) in [7, 11) is 0. The van der Waals surface area contributed by atoms with Crippen molar-refractivity contribution in [2.75, 3.05) is 5.32 Å². The number of thiazole rings is 1. The van der Waals surface area contributed by atoms with Crippen molar-refractivity contribution in [3.63, 3.8) is 0 Å². The highest BCUT2D eigenvalue weighted by molar-refractivity contribution is 7.13. The van der Waals surface area contributed by atoms with Crippen LogP contribution in [0.25, 0.3) is 10.7 Å². The van der Waals surface area contributed by atoms with Crippen molar-refractivity contribution in [3.05, 3.63) is 65.3 Å². The van der Waals surface area contributed by atoms with Crippen LogP contribution in [-0.4, -0.2) is 15.9 Å². The molecule has 4 nitrogen and oxygen atoms in total. The molecule has 0 unspecified atom stereocenters. The van der Waals surface area contributed by atoms with E-state index in [4.69, 9.17) is 0 Å². The van der Waals surface area contributed by atoms with Crippen molar-refractivity contribution >= 4 is 22.9 Å². The minimum absolute atomic E-state index is 0.0771. The van der Waals surface area contributed by atoms with Crippen molar-refractivity contribution in [1.29, 1.82) is 0 Å². The number of halogens is 2. The molecule has 0 aliphatic heterocycles. The molecule has 0 aliphatic rings. The van der Waals surface area contributed by atoms with Crippen molar-refractivity contribution in [1.82, 2.24) is 9.97 Å². The lowest BCUT2D eigenvalue weighted by atomic mass is 10.3. The fourth-order valence-electron chi connectivity index (χ4n) is 1.78. The number of amides is 1. The maximum absolute atomic E-state index is 13.5. The number of hydrogen-bond acceptors (Lipinski definition) is 4. The second-order valence-electron chi connectivity index (χ2n) is 4.30. The number of benzene rings is 1. The molecule has 0 fully saturated rings. The van der Waals surface area contributed by atoms with Gasteiger partial charge in [-0.2, -0.15) is 0 Å². The number of para-hydroxylation sites is 1. The van der Waals surface area contributed by atoms with E-state index in [0.717, 1.165) is 12.1 Å². The Morgan fingerprint density at radius 1 is 1.09 bits per heavy atom. The zero-order valence-corrected chi connectivity index (χ0v) is 11.9. The SMILES string of the molecule is O=C(Nc1c(F)cccc1F)c1csc(-c2ccccn2)n1. The van der Waals surface area contributed by atoms with E-state index in [1.165, 1.54) is 22.8 Å². The van der Waals surface area contributed by atoms with Gasteiger partial charge in [0, 0.05) is 11.6 Å². The maximum atomic E-state index is 13.5. The summed E-state index contributed by atoms with van der Waals surface area (Å²) in [6.07, 6.45) is 1.62. The number of aromatic nitrogens is 2. The van der Waals surface area contributed by atoms with Crippen LogP contribution < -0.4 is 5.32 Å². The number of carbonyl (C=O) groups excluding carboxylic acids is 1. The van der Waals surface area contributed by atoms with E-state index < -0.39 is 23.2 Å². The second kappa shape index (κ2) is 5.98. The number of rotatable bonds is 3. The number of anilines is 1. The number of nitrogens with zero attached hydrogens (tertiary/aromatic N) is 2. The summed E-state index contributed by atoms with van der Waals surface area (Å²) in [6.45, 7) is 0. The Morgan fingerprint density at radius 2 is 1.86 bits per heavy atom. The molecule has 3 rings (SSSR count). The Bertz CT molecular complexity index is 800. The van der Waals surface area contributed by atoms with Gasteiger partial charge in [0.1, 0.15) is 28.0 Å². The Hall–Kier alpha value is -2.67. The molecule has 3 aromatic rings. The minimum Gasteiger partial charge on any atom is -0.316 e. The molecule has 1 amide bonds. The first-order valence-electron chi connectivity index (χ1n) is 6.27. The monoisotopic (exact) mass is 317 g/mol. The van der Waals surface area contributed by atoms with Gasteiger partial charge in [-0.15, -0.1) is 11.3 Å². The zero-order valence-electron chi connectivity index (χ0n) is 11.1. The molecule has 1 N–H and O–H groups in total. The fraction of sp³-hybridized carbons (Fsp3) is 0. The maximum Gasteiger partial charge on any atom is 0.275 e. The van der Waals surface area contributed by atoms with E-state index in [1.807, 2.05) is 0 Å². The van der Waals surface area contributed by atoms with Gasteiger partial charge in [0.2, 0.25) is 0 Å². The second-order valence-corrected chi connectivity index (χ2v) is 5.16. The first-order valence-corrected chi connectivity index (χ1v) is 7.15. The van der Waals surface area contributed by atoms with Gasteiger partial charge in [0.15, 0.2) is 0 Å². The molecule has 7 heteroatoms. The minimum atomic E-state index is -0.839. The van der Waals surface area contributed by atoms with E-state index in [0.29, 0.717) is 10.7 Å². The largest absolute Gasteiger partial charge is 0.316 e. The topological polar surface area (TPSA) is 54.9 Å². The Balaban J connectivity index is 1.83. The van der Waals surface area contributed by atoms with Crippen LogP contribution in [0.2, 0.25) is 0 Å². The van der Waals surface area contributed by atoms with Crippen molar-refractivity contribution in [2.45, 2.75) is 0 Å². The van der Waals surface area contributed by atoms with Crippen LogP contribution in [0.1, 0.15) is 10.5 Å². The molecule has 0 atom stereocenters. The molecule has 22 heavy (non-hydrogen) atoms. The molecule has 0 radical (unpaired) electrons. The van der Waals surface area contributed by atoms with Crippen LogP contribution in [-0.2, 0) is 0 Å². The average molecular weight is 317 g/mol. The summed E-state index contributed by atoms with van der Waals surface area (Å²) in [5.74, 6) is -2.36. The molecular formula is C15H9F2N3OS. The van der Waals surface area contributed by atoms with Gasteiger partial charge in [0.05, 0.1) is 5.69 Å². The highest BCUT2D eigenvalue weighted by atomic mass is 32.1. The van der Waals surface area contributed by atoms with Crippen LogP contribution in [0.4, 0.5) is 14.5 Å². The summed E-state index contributed by atoms with van der Waals surface area (Å²) in [5.41, 5.74) is 0.219. The highest BCUT2D eigenvalue weighted by Crippen LogP contribution is 2.23. The quantitative estimate of drug-likeness (QED) is 0.800. The van der Waals surface area contributed by atoms with E-state index in [1.54, 1.807) is 24.4 Å². The standard InChI is InChI=1S/C15H9F2N3OS/c16-9-4-3-5-10(17)13(9)20-14(21)12-8-22-15(19-12)11-6-1-2-7-18-11/h1-8H,(H,20,21). The number of nitrogens with one attached hydrogen (secondary N) is 1. The third-order valence-corrected chi connectivity index (χ3v) is 3.69. The lowest BCUT2D eigenvalue weighted by Gasteiger charge is -2.05. The van der Waals surface area contributed by atoms with E-state index in [9.17, 15) is 13.6 Å². The smallest absolute Gasteiger partial charge is 0.275 e. The van der Waals surface area contributed by atoms with Crippen molar-refractivity contribution in [3.8, 4) is 10.7 Å². The summed E-state index contributed by atoms with van der Waals surface area (Å²) in [5, 5.41) is 4.26. The van der Waals surface area contributed by atoms with Crippen LogP contribution in [0.5, 0.6) is 0 Å². The molecule has 1 aromatic carbocycles. The molecule has 0 spiro atoms. The van der Waals surface area contributed by atoms with Crippen molar-refractivity contribution < 1.29 is 13.6 Å². The molecule has 0 aliphatic carbocycles. The van der Waals surface area contributed by atoms with Crippen LogP contribution in [0, 0.1) is 11.6 Å². The molecule has 0 saturated heterocycles. The predicted octanol–water partition coefficient (Wildman–Crippen LogP) is 3.74. The third-order valence-electron chi connectivity index (χ3n) is 2.82. The number of pyridine rings is 1. The lowest BCUT2D eigenvalue weighted by molar-refractivity contribution is 0.102. The Kier molecular flexibility index (Phi) is 3.88. The van der Waals surface area contributed by atoms with Crippen LogP contribution in [0.3, 0.4) is 0 Å². The Morgan fingerprint density at radius 3 is 2.55 bits per heavy atom. The molecule has 0 saturated carbocycles. The molecule has 2 heterocycles. The van der Waals surface area contributed by atoms with Gasteiger partial charge in [0.25, 0.3) is 5.91 Å². The summed E-state index contributed by atoms with van der Waals surface area (Å²) < 4.78 is 27.0. The number of hydrogen-bond donors (Lipinski definition) is 1. The van der Waals surface area contributed by atoms with Gasteiger partial charge in [-0.1, -0.05) is 12.1 Å². The normalized spacial score (nSPS) is 10.5. The molecule has 110 valence electrons. The predicted molar refractivity (Wildman–Crippen MR) is 79.7 cm³/mol. The van der Waals surface area contributed by atoms with E-state index >= 15 is 0 Å². The summed E-state index contributed by atoms with van der Waals surface area (Å²) in [6, 6.07) is 8.70. The lowest BCUT2D eigenvalue weighted by Crippen LogP contribution is -2.14. The van der Waals surface area contributed by atoms with E-state index in [-0.39, 0.29) is 5.69 Å². The molecule has 2 aromatic heterocycles. The Labute approximate surface area is 128 Å². The molecule has 0 bridgehead atoms. The van der Waals surface area contributed by atoms with Crippen molar-refractivity contribution in [2.24, 2.45) is 0 Å². The van der Waals surface area contributed by atoms with Gasteiger partial charge in [-0.05, 0) is 24.3 Å². The first kappa shape index (κ1) is 14.3. The van der Waals surface area contributed by atoms with Gasteiger partial charge < -0.3 is 5.32 Å². The van der Waals surface area contributed by atoms with Gasteiger partial charge in [-0.25, -0.2) is 13.8 Å². The molecular weight excluding hydrogens is 308 g/mol. The third kappa shape index (κ3) is 2.84.